The maximum atomic E-state index is 11.7. The minimum absolute atomic E-state index is 0.0557. The van der Waals surface area contributed by atoms with E-state index >= 15 is 0 Å². The van der Waals surface area contributed by atoms with Crippen molar-refractivity contribution in [2.45, 2.75) is 31.1 Å². The third-order valence-electron chi connectivity index (χ3n) is 5.08. The van der Waals surface area contributed by atoms with Gasteiger partial charge in [-0.3, -0.25) is 4.79 Å². The molecule has 5 N–H and O–H groups in total. The number of sulfonamides is 1. The van der Waals surface area contributed by atoms with Crippen LogP contribution in [0.2, 0.25) is 6.32 Å². The van der Waals surface area contributed by atoms with Crippen LogP contribution in [-0.2, 0) is 14.8 Å². The molecule has 2 aliphatic rings. The number of carboxylic acid groups (broad SMARTS) is 1. The van der Waals surface area contributed by atoms with Gasteiger partial charge in [0.2, 0.25) is 10.0 Å². The largest absolute Gasteiger partial charge is 0.480 e. The molecule has 8 nitrogen and oxygen atoms in total. The summed E-state index contributed by atoms with van der Waals surface area (Å²) in [7, 11) is -4.72. The van der Waals surface area contributed by atoms with Crippen LogP contribution in [0.5, 0.6) is 0 Å². The van der Waals surface area contributed by atoms with Gasteiger partial charge in [-0.2, -0.15) is 0 Å². The Bertz CT molecular complexity index is 542. The Balaban J connectivity index is 2.15. The van der Waals surface area contributed by atoms with Gasteiger partial charge < -0.3 is 20.9 Å². The summed E-state index contributed by atoms with van der Waals surface area (Å²) < 4.78 is 24.8. The number of rotatable bonds is 6. The van der Waals surface area contributed by atoms with E-state index in [0.29, 0.717) is 25.9 Å². The number of hydrogen-bond donors (Lipinski definition) is 4. The van der Waals surface area contributed by atoms with Gasteiger partial charge in [-0.25, -0.2) is 12.7 Å². The second kappa shape index (κ2) is 6.08. The number of fused-ring (bicyclic) bond motifs is 1. The fraction of sp³-hybridized carbons (Fsp3) is 0.917. The van der Waals surface area contributed by atoms with Crippen LogP contribution in [-0.4, -0.2) is 65.8 Å². The third kappa shape index (κ3) is 3.30. The van der Waals surface area contributed by atoms with Crippen molar-refractivity contribution in [3.05, 3.63) is 0 Å². The molecule has 4 atom stereocenters. The van der Waals surface area contributed by atoms with Crippen LogP contribution in [0.3, 0.4) is 0 Å². The summed E-state index contributed by atoms with van der Waals surface area (Å²) in [5, 5.41) is 27.3. The maximum Gasteiger partial charge on any atom is 0.451 e. The van der Waals surface area contributed by atoms with Crippen molar-refractivity contribution in [2.75, 3.05) is 19.3 Å². The average Bonchev–Trinajstić information content (AvgIpc) is 2.86. The molecule has 1 saturated carbocycles. The third-order valence-corrected chi connectivity index (χ3v) is 6.32. The first-order valence-corrected chi connectivity index (χ1v) is 9.24. The second-order valence-electron chi connectivity index (χ2n) is 6.57. The standard InChI is InChI=1S/C12H23BN2O6S/c1-22(20,21)15-6-8-5-12(14,11(16)17)10(9(8)7-15)3-2-4-13(18)19/h8-10,18-19H,2-7,14H2,1H3,(H,16,17)/t8-,9+,10?,12?/m0/s1. The van der Waals surface area contributed by atoms with Gasteiger partial charge in [0.05, 0.1) is 6.26 Å². The molecule has 22 heavy (non-hydrogen) atoms. The lowest BCUT2D eigenvalue weighted by Gasteiger charge is -2.31. The lowest BCUT2D eigenvalue weighted by molar-refractivity contribution is -0.145. The van der Waals surface area contributed by atoms with Crippen molar-refractivity contribution in [1.82, 2.24) is 4.31 Å². The monoisotopic (exact) mass is 334 g/mol. The van der Waals surface area contributed by atoms with Gasteiger partial charge in [-0.1, -0.05) is 6.42 Å². The van der Waals surface area contributed by atoms with Crippen molar-refractivity contribution < 1.29 is 28.4 Å². The normalized spacial score (nSPS) is 35.5. The topological polar surface area (TPSA) is 141 Å². The Kier molecular flexibility index (Phi) is 4.89. The highest BCUT2D eigenvalue weighted by molar-refractivity contribution is 7.88. The van der Waals surface area contributed by atoms with Crippen molar-refractivity contribution >= 4 is 23.1 Å². The van der Waals surface area contributed by atoms with Crippen LogP contribution in [0.1, 0.15) is 19.3 Å². The number of nitrogens with zero attached hydrogens (tertiary/aromatic N) is 1. The van der Waals surface area contributed by atoms with E-state index in [0.717, 1.165) is 6.26 Å². The highest BCUT2D eigenvalue weighted by Crippen LogP contribution is 2.49. The SMILES string of the molecule is CS(=O)(=O)N1C[C@@H]2CC(N)(C(=O)O)C(CCCB(O)O)[C@@H]2C1. The number of hydrogen-bond acceptors (Lipinski definition) is 6. The van der Waals surface area contributed by atoms with E-state index in [9.17, 15) is 18.3 Å². The fourth-order valence-electron chi connectivity index (χ4n) is 4.00. The predicted octanol–water partition coefficient (Wildman–Crippen LogP) is -1.45. The molecule has 0 aromatic rings. The van der Waals surface area contributed by atoms with E-state index in [1.165, 1.54) is 4.31 Å². The average molecular weight is 334 g/mol. The number of nitrogens with two attached hydrogens (primary N) is 1. The lowest BCUT2D eigenvalue weighted by Crippen LogP contribution is -2.53. The summed E-state index contributed by atoms with van der Waals surface area (Å²) in [5.74, 6) is -1.57. The molecule has 0 aromatic carbocycles. The van der Waals surface area contributed by atoms with Gasteiger partial charge in [0.1, 0.15) is 5.54 Å². The molecule has 0 radical (unpaired) electrons. The Morgan fingerprint density at radius 2 is 2.05 bits per heavy atom. The quantitative estimate of drug-likeness (QED) is 0.435. The first-order chi connectivity index (χ1) is 10.1. The van der Waals surface area contributed by atoms with E-state index in [2.05, 4.69) is 0 Å². The van der Waals surface area contributed by atoms with E-state index < -0.39 is 28.6 Å². The summed E-state index contributed by atoms with van der Waals surface area (Å²) in [6, 6.07) is 0. The summed E-state index contributed by atoms with van der Waals surface area (Å²) in [6.07, 6.45) is 2.44. The Labute approximate surface area is 130 Å². The predicted molar refractivity (Wildman–Crippen MR) is 80.3 cm³/mol. The molecule has 126 valence electrons. The fourth-order valence-corrected chi connectivity index (χ4v) is 4.91. The highest BCUT2D eigenvalue weighted by Gasteiger charge is 2.58. The van der Waals surface area contributed by atoms with Gasteiger partial charge in [0.15, 0.2) is 0 Å². The molecular formula is C12H23BN2O6S. The molecule has 2 fully saturated rings. The molecule has 0 spiro atoms. The molecule has 1 aliphatic heterocycles. The zero-order chi connectivity index (χ0) is 16.7. The van der Waals surface area contributed by atoms with Crippen LogP contribution in [0, 0.1) is 17.8 Å². The second-order valence-corrected chi connectivity index (χ2v) is 8.55. The van der Waals surface area contributed by atoms with Gasteiger partial charge in [0, 0.05) is 13.1 Å². The lowest BCUT2D eigenvalue weighted by atomic mass is 9.76. The Morgan fingerprint density at radius 3 is 2.55 bits per heavy atom. The van der Waals surface area contributed by atoms with Crippen LogP contribution >= 0.6 is 0 Å². The minimum atomic E-state index is -3.29. The smallest absolute Gasteiger partial charge is 0.451 e. The molecule has 2 unspecified atom stereocenters. The molecule has 1 heterocycles. The van der Waals surface area contributed by atoms with Crippen LogP contribution in [0.25, 0.3) is 0 Å². The zero-order valence-electron chi connectivity index (χ0n) is 12.6. The molecule has 10 heteroatoms. The summed E-state index contributed by atoms with van der Waals surface area (Å²) >= 11 is 0. The zero-order valence-corrected chi connectivity index (χ0v) is 13.4. The van der Waals surface area contributed by atoms with Crippen molar-refractivity contribution in [2.24, 2.45) is 23.5 Å². The minimum Gasteiger partial charge on any atom is -0.480 e. The Morgan fingerprint density at radius 1 is 1.41 bits per heavy atom. The number of carboxylic acids is 1. The molecule has 1 aliphatic carbocycles. The van der Waals surface area contributed by atoms with Gasteiger partial charge >= 0.3 is 13.1 Å². The molecule has 0 amide bonds. The first kappa shape index (κ1) is 17.7. The van der Waals surface area contributed by atoms with E-state index in [1.807, 2.05) is 0 Å². The van der Waals surface area contributed by atoms with Gasteiger partial charge in [-0.15, -0.1) is 0 Å². The van der Waals surface area contributed by atoms with Crippen molar-refractivity contribution in [1.29, 1.82) is 0 Å². The van der Waals surface area contributed by atoms with E-state index in [1.54, 1.807) is 0 Å². The van der Waals surface area contributed by atoms with Crippen LogP contribution in [0.15, 0.2) is 0 Å². The van der Waals surface area contributed by atoms with Crippen molar-refractivity contribution in [3.63, 3.8) is 0 Å². The van der Waals surface area contributed by atoms with Crippen LogP contribution < -0.4 is 5.73 Å². The van der Waals surface area contributed by atoms with Gasteiger partial charge in [0.25, 0.3) is 0 Å². The molecule has 0 bridgehead atoms. The summed E-state index contributed by atoms with van der Waals surface area (Å²) in [5.41, 5.74) is 4.75. The van der Waals surface area contributed by atoms with E-state index in [4.69, 9.17) is 15.8 Å². The van der Waals surface area contributed by atoms with Crippen LogP contribution in [0.4, 0.5) is 0 Å². The molecule has 0 aromatic heterocycles. The highest BCUT2D eigenvalue weighted by atomic mass is 32.2. The van der Waals surface area contributed by atoms with E-state index in [-0.39, 0.29) is 30.5 Å². The van der Waals surface area contributed by atoms with Gasteiger partial charge in [-0.05, 0) is 36.9 Å². The molecule has 1 saturated heterocycles. The first-order valence-electron chi connectivity index (χ1n) is 7.39. The maximum absolute atomic E-state index is 11.7. The Hall–Kier alpha value is -0.675. The molecular weight excluding hydrogens is 311 g/mol. The molecule has 2 rings (SSSR count). The summed E-state index contributed by atoms with van der Waals surface area (Å²) in [4.78, 5) is 11.6. The summed E-state index contributed by atoms with van der Waals surface area (Å²) in [6.45, 7) is 0.608. The number of carbonyl (C=O) groups is 1. The van der Waals surface area contributed by atoms with Crippen molar-refractivity contribution in [3.8, 4) is 0 Å². The number of aliphatic carboxylic acids is 1.